The molecule has 2 rings (SSSR count). The highest BCUT2D eigenvalue weighted by Crippen LogP contribution is 2.34. The molecular formula is C16H25N2O2. The van der Waals surface area contributed by atoms with Crippen LogP contribution in [-0.2, 0) is 6.42 Å². The first-order valence-corrected chi connectivity index (χ1v) is 7.46. The maximum atomic E-state index is 6.09. The van der Waals surface area contributed by atoms with E-state index >= 15 is 0 Å². The standard InChI is InChI=1S/C16H25N2O2/c1-3-19-14-9-13(8-12-6-5-7-18-11-12)10-15(16(14)17)20-4-2/h6,9-10,12,18H,3-5,7-8,11,17H2,1-2H3. The zero-order chi connectivity index (χ0) is 14.4. The van der Waals surface area contributed by atoms with Gasteiger partial charge in [-0.1, -0.05) is 0 Å². The summed E-state index contributed by atoms with van der Waals surface area (Å²) in [6, 6.07) is 4.09. The maximum Gasteiger partial charge on any atom is 0.146 e. The molecule has 0 aromatic heterocycles. The quantitative estimate of drug-likeness (QED) is 0.784. The third-order valence-electron chi connectivity index (χ3n) is 3.49. The van der Waals surface area contributed by atoms with E-state index < -0.39 is 0 Å². The molecule has 1 saturated heterocycles. The SMILES string of the molecule is CCOc1cc(CC2[CH]CCNC2)cc(OCC)c1N. The minimum absolute atomic E-state index is 0.566. The lowest BCUT2D eigenvalue weighted by molar-refractivity contribution is 0.325. The number of anilines is 1. The lowest BCUT2D eigenvalue weighted by atomic mass is 9.92. The van der Waals surface area contributed by atoms with E-state index in [1.807, 2.05) is 26.0 Å². The Morgan fingerprint density at radius 2 is 1.85 bits per heavy atom. The molecule has 0 spiro atoms. The van der Waals surface area contributed by atoms with Gasteiger partial charge in [-0.15, -0.1) is 0 Å². The monoisotopic (exact) mass is 277 g/mol. The van der Waals surface area contributed by atoms with Crippen LogP contribution in [0.5, 0.6) is 11.5 Å². The van der Waals surface area contributed by atoms with E-state index in [9.17, 15) is 0 Å². The van der Waals surface area contributed by atoms with Gasteiger partial charge in [0.05, 0.1) is 13.2 Å². The average molecular weight is 277 g/mol. The van der Waals surface area contributed by atoms with Crippen LogP contribution in [0, 0.1) is 12.3 Å². The van der Waals surface area contributed by atoms with Gasteiger partial charge in [0.1, 0.15) is 17.2 Å². The fourth-order valence-electron chi connectivity index (χ4n) is 2.57. The van der Waals surface area contributed by atoms with Gasteiger partial charge in [0.15, 0.2) is 0 Å². The summed E-state index contributed by atoms with van der Waals surface area (Å²) in [5.41, 5.74) is 7.91. The Bertz CT molecular complexity index is 401. The highest BCUT2D eigenvalue weighted by Gasteiger charge is 2.16. The smallest absolute Gasteiger partial charge is 0.146 e. The zero-order valence-corrected chi connectivity index (χ0v) is 12.4. The van der Waals surface area contributed by atoms with Gasteiger partial charge >= 0.3 is 0 Å². The van der Waals surface area contributed by atoms with Crippen LogP contribution in [0.15, 0.2) is 12.1 Å². The zero-order valence-electron chi connectivity index (χ0n) is 12.4. The number of benzene rings is 1. The molecule has 0 bridgehead atoms. The normalized spacial score (nSPS) is 18.8. The second kappa shape index (κ2) is 7.39. The molecule has 0 saturated carbocycles. The number of nitrogens with two attached hydrogens (primary N) is 1. The minimum atomic E-state index is 0.566. The molecule has 111 valence electrons. The summed E-state index contributed by atoms with van der Waals surface area (Å²) >= 11 is 0. The summed E-state index contributed by atoms with van der Waals surface area (Å²) in [5.74, 6) is 2.03. The highest BCUT2D eigenvalue weighted by molar-refractivity contribution is 5.64. The molecule has 4 heteroatoms. The van der Waals surface area contributed by atoms with Gasteiger partial charge in [0.2, 0.25) is 0 Å². The molecule has 0 aliphatic carbocycles. The Labute approximate surface area is 121 Å². The van der Waals surface area contributed by atoms with Crippen molar-refractivity contribution in [2.24, 2.45) is 5.92 Å². The Balaban J connectivity index is 2.17. The molecule has 1 heterocycles. The van der Waals surface area contributed by atoms with Crippen molar-refractivity contribution in [2.45, 2.75) is 26.7 Å². The van der Waals surface area contributed by atoms with Gasteiger partial charge in [-0.05, 0) is 69.8 Å². The first-order valence-electron chi connectivity index (χ1n) is 7.46. The van der Waals surface area contributed by atoms with Gasteiger partial charge in [0.25, 0.3) is 0 Å². The molecule has 4 nitrogen and oxygen atoms in total. The first-order chi connectivity index (χ1) is 9.74. The number of nitrogen functional groups attached to an aromatic ring is 1. The minimum Gasteiger partial charge on any atom is -0.492 e. The summed E-state index contributed by atoms with van der Waals surface area (Å²) in [6.07, 6.45) is 4.53. The number of rotatable bonds is 6. The van der Waals surface area contributed by atoms with Crippen LogP contribution in [0.1, 0.15) is 25.8 Å². The van der Waals surface area contributed by atoms with Crippen LogP contribution in [0.3, 0.4) is 0 Å². The number of piperidine rings is 1. The van der Waals surface area contributed by atoms with Crippen molar-refractivity contribution < 1.29 is 9.47 Å². The molecule has 1 aliphatic rings. The Kier molecular flexibility index (Phi) is 5.53. The predicted octanol–water partition coefficient (Wildman–Crippen LogP) is 2.42. The summed E-state index contributed by atoms with van der Waals surface area (Å²) in [6.45, 7) is 7.27. The molecule has 3 N–H and O–H groups in total. The summed E-state index contributed by atoms with van der Waals surface area (Å²) < 4.78 is 11.2. The maximum absolute atomic E-state index is 6.09. The van der Waals surface area contributed by atoms with Crippen molar-refractivity contribution in [3.05, 3.63) is 24.1 Å². The Morgan fingerprint density at radius 3 is 2.35 bits per heavy atom. The van der Waals surface area contributed by atoms with E-state index in [2.05, 4.69) is 11.7 Å². The van der Waals surface area contributed by atoms with Crippen LogP contribution in [0.2, 0.25) is 0 Å². The molecular weight excluding hydrogens is 252 g/mol. The Morgan fingerprint density at radius 1 is 1.20 bits per heavy atom. The van der Waals surface area contributed by atoms with Crippen molar-refractivity contribution in [1.82, 2.24) is 5.32 Å². The molecule has 1 unspecified atom stereocenters. The van der Waals surface area contributed by atoms with Crippen LogP contribution in [0.25, 0.3) is 0 Å². The molecule has 1 radical (unpaired) electrons. The molecule has 1 aliphatic heterocycles. The number of ether oxygens (including phenoxy) is 2. The van der Waals surface area contributed by atoms with Crippen LogP contribution in [-0.4, -0.2) is 26.3 Å². The third kappa shape index (κ3) is 3.79. The van der Waals surface area contributed by atoms with E-state index in [0.717, 1.165) is 37.4 Å². The van der Waals surface area contributed by atoms with Crippen LogP contribution >= 0.6 is 0 Å². The fraction of sp³-hybridized carbons (Fsp3) is 0.562. The Hall–Kier alpha value is -1.42. The van der Waals surface area contributed by atoms with E-state index in [1.54, 1.807) is 0 Å². The third-order valence-corrected chi connectivity index (χ3v) is 3.49. The molecule has 20 heavy (non-hydrogen) atoms. The van der Waals surface area contributed by atoms with Gasteiger partial charge in [-0.2, -0.15) is 0 Å². The van der Waals surface area contributed by atoms with Crippen molar-refractivity contribution >= 4 is 5.69 Å². The first kappa shape index (κ1) is 15.0. The molecule has 1 atom stereocenters. The summed E-state index contributed by atoms with van der Waals surface area (Å²) in [7, 11) is 0. The highest BCUT2D eigenvalue weighted by atomic mass is 16.5. The van der Waals surface area contributed by atoms with Crippen LogP contribution < -0.4 is 20.5 Å². The van der Waals surface area contributed by atoms with Crippen LogP contribution in [0.4, 0.5) is 5.69 Å². The largest absolute Gasteiger partial charge is 0.492 e. The molecule has 0 amide bonds. The second-order valence-corrected chi connectivity index (χ2v) is 5.06. The van der Waals surface area contributed by atoms with Crippen molar-refractivity contribution in [3.63, 3.8) is 0 Å². The average Bonchev–Trinajstić information content (AvgIpc) is 2.45. The van der Waals surface area contributed by atoms with Crippen molar-refractivity contribution in [3.8, 4) is 11.5 Å². The van der Waals surface area contributed by atoms with E-state index in [0.29, 0.717) is 24.8 Å². The topological polar surface area (TPSA) is 56.5 Å². The number of hydrogen-bond donors (Lipinski definition) is 2. The predicted molar refractivity (Wildman–Crippen MR) is 82.2 cm³/mol. The lowest BCUT2D eigenvalue weighted by Gasteiger charge is -2.23. The van der Waals surface area contributed by atoms with Gasteiger partial charge in [-0.3, -0.25) is 0 Å². The van der Waals surface area contributed by atoms with Crippen molar-refractivity contribution in [2.75, 3.05) is 32.0 Å². The second-order valence-electron chi connectivity index (χ2n) is 5.06. The van der Waals surface area contributed by atoms with Gasteiger partial charge in [-0.25, -0.2) is 0 Å². The van der Waals surface area contributed by atoms with Gasteiger partial charge < -0.3 is 20.5 Å². The summed E-state index contributed by atoms with van der Waals surface area (Å²) in [5, 5.41) is 3.43. The summed E-state index contributed by atoms with van der Waals surface area (Å²) in [4.78, 5) is 0. The molecule has 1 fully saturated rings. The van der Waals surface area contributed by atoms with E-state index in [-0.39, 0.29) is 0 Å². The lowest BCUT2D eigenvalue weighted by Crippen LogP contribution is -2.31. The number of hydrogen-bond acceptors (Lipinski definition) is 4. The fourth-order valence-corrected chi connectivity index (χ4v) is 2.57. The molecule has 1 aromatic carbocycles. The van der Waals surface area contributed by atoms with Crippen molar-refractivity contribution in [1.29, 1.82) is 0 Å². The van der Waals surface area contributed by atoms with E-state index in [4.69, 9.17) is 15.2 Å². The number of nitrogens with one attached hydrogen (secondary N) is 1. The van der Waals surface area contributed by atoms with Gasteiger partial charge in [0, 0.05) is 0 Å². The molecule has 1 aromatic rings. The van der Waals surface area contributed by atoms with E-state index in [1.165, 1.54) is 5.56 Å².